The first-order valence-corrected chi connectivity index (χ1v) is 8.84. The van der Waals surface area contributed by atoms with Crippen molar-refractivity contribution in [2.24, 2.45) is 0 Å². The fraction of sp³-hybridized carbons (Fsp3) is 0.471. The molecule has 1 aliphatic rings. The molecule has 0 saturated heterocycles. The molecule has 2 aromatic heterocycles. The molecule has 3 rings (SSSR count). The third kappa shape index (κ3) is 3.37. The van der Waals surface area contributed by atoms with Gasteiger partial charge in [0.15, 0.2) is 0 Å². The number of carbonyl (C=O) groups excluding carboxylic acids is 1. The van der Waals surface area contributed by atoms with Crippen LogP contribution in [0, 0.1) is 13.8 Å². The minimum absolute atomic E-state index is 0.112. The molecule has 0 unspecified atom stereocenters. The average molecular weight is 331 g/mol. The molecule has 0 atom stereocenters. The first-order chi connectivity index (χ1) is 11.1. The number of aromatic amines is 1. The maximum Gasteiger partial charge on any atom is 0.261 e. The second kappa shape index (κ2) is 6.66. The summed E-state index contributed by atoms with van der Waals surface area (Å²) in [6.07, 6.45) is 8.05. The summed E-state index contributed by atoms with van der Waals surface area (Å²) in [7, 11) is 0. The molecular weight excluding hydrogens is 310 g/mol. The Bertz CT molecular complexity index is 832. The number of nitrogens with one attached hydrogen (secondary N) is 2. The molecule has 2 N–H and O–H groups in total. The van der Waals surface area contributed by atoms with Crippen molar-refractivity contribution >= 4 is 27.5 Å². The Morgan fingerprint density at radius 2 is 2.22 bits per heavy atom. The molecule has 2 aromatic rings. The number of carbonyl (C=O) groups is 1. The zero-order valence-corrected chi connectivity index (χ0v) is 14.3. The Hall–Kier alpha value is -1.95. The zero-order chi connectivity index (χ0) is 16.4. The number of nitrogens with zero attached hydrogens (tertiary/aromatic N) is 1. The van der Waals surface area contributed by atoms with Crippen molar-refractivity contribution in [1.82, 2.24) is 15.3 Å². The van der Waals surface area contributed by atoms with Crippen molar-refractivity contribution < 1.29 is 4.79 Å². The molecule has 0 saturated carbocycles. The molecule has 122 valence electrons. The second-order valence-corrected chi connectivity index (χ2v) is 7.00. The van der Waals surface area contributed by atoms with Crippen molar-refractivity contribution in [2.75, 3.05) is 6.54 Å². The lowest BCUT2D eigenvalue weighted by atomic mass is 9.97. The van der Waals surface area contributed by atoms with E-state index >= 15 is 0 Å². The first-order valence-electron chi connectivity index (χ1n) is 8.02. The van der Waals surface area contributed by atoms with E-state index in [1.165, 1.54) is 29.8 Å². The van der Waals surface area contributed by atoms with Crippen molar-refractivity contribution in [1.29, 1.82) is 0 Å². The Labute approximate surface area is 138 Å². The lowest BCUT2D eigenvalue weighted by Gasteiger charge is -2.12. The summed E-state index contributed by atoms with van der Waals surface area (Å²) < 4.78 is 0. The van der Waals surface area contributed by atoms with E-state index in [0.29, 0.717) is 33.0 Å². The van der Waals surface area contributed by atoms with Gasteiger partial charge in [0.1, 0.15) is 10.7 Å². The molecule has 2 heterocycles. The van der Waals surface area contributed by atoms with E-state index in [-0.39, 0.29) is 11.5 Å². The van der Waals surface area contributed by atoms with Crippen molar-refractivity contribution in [3.8, 4) is 0 Å². The van der Waals surface area contributed by atoms with Gasteiger partial charge in [-0.2, -0.15) is 0 Å². The van der Waals surface area contributed by atoms with Crippen LogP contribution < -0.4 is 10.9 Å². The van der Waals surface area contributed by atoms with Gasteiger partial charge in [-0.15, -0.1) is 11.3 Å². The van der Waals surface area contributed by atoms with Crippen LogP contribution in [0.5, 0.6) is 0 Å². The number of rotatable bonds is 4. The van der Waals surface area contributed by atoms with Gasteiger partial charge in [0.25, 0.3) is 11.5 Å². The van der Waals surface area contributed by atoms with Gasteiger partial charge in [-0.1, -0.05) is 11.6 Å². The van der Waals surface area contributed by atoms with E-state index in [2.05, 4.69) is 21.4 Å². The number of amides is 1. The van der Waals surface area contributed by atoms with Crippen LogP contribution in [0.1, 0.15) is 53.2 Å². The Kier molecular flexibility index (Phi) is 4.61. The highest BCUT2D eigenvalue weighted by Gasteiger charge is 2.18. The van der Waals surface area contributed by atoms with Gasteiger partial charge in [0.2, 0.25) is 0 Å². The Morgan fingerprint density at radius 3 is 2.96 bits per heavy atom. The normalized spacial score (nSPS) is 14.8. The number of H-pyrrole nitrogens is 1. The van der Waals surface area contributed by atoms with Gasteiger partial charge in [-0.05, 0) is 51.5 Å². The lowest BCUT2D eigenvalue weighted by molar-refractivity contribution is 0.0957. The molecule has 1 aliphatic carbocycles. The molecular formula is C17H21N3O2S. The minimum atomic E-state index is -0.173. The Morgan fingerprint density at radius 1 is 1.39 bits per heavy atom. The lowest BCUT2D eigenvalue weighted by Crippen LogP contribution is -2.24. The van der Waals surface area contributed by atoms with E-state index in [1.807, 2.05) is 6.92 Å². The highest BCUT2D eigenvalue weighted by molar-refractivity contribution is 7.20. The predicted octanol–water partition coefficient (Wildman–Crippen LogP) is 3.22. The number of hydrogen-bond acceptors (Lipinski definition) is 4. The fourth-order valence-electron chi connectivity index (χ4n) is 3.02. The number of hydrogen-bond donors (Lipinski definition) is 2. The van der Waals surface area contributed by atoms with Crippen LogP contribution in [0.15, 0.2) is 16.4 Å². The van der Waals surface area contributed by atoms with Gasteiger partial charge in [0, 0.05) is 6.54 Å². The Balaban J connectivity index is 1.73. The molecule has 0 aliphatic heterocycles. The van der Waals surface area contributed by atoms with E-state index in [4.69, 9.17) is 0 Å². The maximum absolute atomic E-state index is 12.4. The molecule has 23 heavy (non-hydrogen) atoms. The molecule has 0 spiro atoms. The molecule has 1 amide bonds. The molecule has 0 bridgehead atoms. The number of allylic oxidation sites excluding steroid dienone is 1. The summed E-state index contributed by atoms with van der Waals surface area (Å²) in [4.78, 5) is 32.7. The van der Waals surface area contributed by atoms with Gasteiger partial charge in [-0.25, -0.2) is 4.98 Å². The maximum atomic E-state index is 12.4. The smallest absolute Gasteiger partial charge is 0.261 e. The van der Waals surface area contributed by atoms with E-state index in [1.54, 1.807) is 6.92 Å². The van der Waals surface area contributed by atoms with Gasteiger partial charge < -0.3 is 10.3 Å². The fourth-order valence-corrected chi connectivity index (χ4v) is 4.16. The number of thiophene rings is 1. The zero-order valence-electron chi connectivity index (χ0n) is 13.5. The summed E-state index contributed by atoms with van der Waals surface area (Å²) in [5, 5.41) is 3.50. The van der Waals surface area contributed by atoms with E-state index < -0.39 is 0 Å². The van der Waals surface area contributed by atoms with Crippen LogP contribution in [-0.2, 0) is 0 Å². The summed E-state index contributed by atoms with van der Waals surface area (Å²) in [5.41, 5.74) is 1.99. The van der Waals surface area contributed by atoms with Crippen LogP contribution in [0.2, 0.25) is 0 Å². The standard InChI is InChI=1S/C17H21N3O2S/c1-10-13-15(21)19-11(2)20-17(13)23-14(10)16(22)18-9-8-12-6-4-3-5-7-12/h6H,3-5,7-9H2,1-2H3,(H,18,22)(H,19,20,21). The number of fused-ring (bicyclic) bond motifs is 1. The SMILES string of the molecule is Cc1nc2sc(C(=O)NCCC3=CCCCC3)c(C)c2c(=O)[nH]1. The molecule has 5 nitrogen and oxygen atoms in total. The second-order valence-electron chi connectivity index (χ2n) is 6.00. The van der Waals surface area contributed by atoms with Gasteiger partial charge >= 0.3 is 0 Å². The van der Waals surface area contributed by atoms with E-state index in [0.717, 1.165) is 19.3 Å². The van der Waals surface area contributed by atoms with Crippen LogP contribution in [0.3, 0.4) is 0 Å². The van der Waals surface area contributed by atoms with Crippen LogP contribution in [0.25, 0.3) is 10.2 Å². The van der Waals surface area contributed by atoms with Crippen LogP contribution in [-0.4, -0.2) is 22.4 Å². The molecule has 0 radical (unpaired) electrons. The van der Waals surface area contributed by atoms with Crippen molar-refractivity contribution in [3.05, 3.63) is 38.3 Å². The first kappa shape index (κ1) is 15.9. The predicted molar refractivity (Wildman–Crippen MR) is 93.2 cm³/mol. The third-order valence-electron chi connectivity index (χ3n) is 4.24. The third-order valence-corrected chi connectivity index (χ3v) is 5.43. The molecule has 6 heteroatoms. The quantitative estimate of drug-likeness (QED) is 0.845. The van der Waals surface area contributed by atoms with Gasteiger partial charge in [-0.3, -0.25) is 9.59 Å². The molecule has 0 fully saturated rings. The average Bonchev–Trinajstić information content (AvgIpc) is 2.85. The highest BCUT2D eigenvalue weighted by Crippen LogP contribution is 2.27. The van der Waals surface area contributed by atoms with Gasteiger partial charge in [0.05, 0.1) is 10.3 Å². The highest BCUT2D eigenvalue weighted by atomic mass is 32.1. The minimum Gasteiger partial charge on any atom is -0.351 e. The van der Waals surface area contributed by atoms with Crippen LogP contribution >= 0.6 is 11.3 Å². The largest absolute Gasteiger partial charge is 0.351 e. The van der Waals surface area contributed by atoms with Crippen molar-refractivity contribution in [3.63, 3.8) is 0 Å². The number of aryl methyl sites for hydroxylation is 2. The van der Waals surface area contributed by atoms with Crippen LogP contribution in [0.4, 0.5) is 0 Å². The van der Waals surface area contributed by atoms with Crippen molar-refractivity contribution in [2.45, 2.75) is 46.0 Å². The molecule has 0 aromatic carbocycles. The summed E-state index contributed by atoms with van der Waals surface area (Å²) >= 11 is 1.29. The number of aromatic nitrogens is 2. The summed E-state index contributed by atoms with van der Waals surface area (Å²) in [6.45, 7) is 4.19. The topological polar surface area (TPSA) is 74.8 Å². The summed E-state index contributed by atoms with van der Waals surface area (Å²) in [6, 6.07) is 0. The summed E-state index contributed by atoms with van der Waals surface area (Å²) in [5.74, 6) is 0.457. The van der Waals surface area contributed by atoms with E-state index in [9.17, 15) is 9.59 Å². The monoisotopic (exact) mass is 331 g/mol.